The van der Waals surface area contributed by atoms with E-state index in [4.69, 9.17) is 0 Å². The van der Waals surface area contributed by atoms with Crippen molar-refractivity contribution in [2.24, 2.45) is 0 Å². The fraction of sp³-hybridized carbons (Fsp3) is 0.692. The van der Waals surface area contributed by atoms with Crippen molar-refractivity contribution in [2.75, 3.05) is 19.6 Å². The van der Waals surface area contributed by atoms with E-state index < -0.39 is 10.0 Å². The molecule has 0 amide bonds. The van der Waals surface area contributed by atoms with Crippen molar-refractivity contribution < 1.29 is 8.42 Å². The van der Waals surface area contributed by atoms with Crippen molar-refractivity contribution in [3.63, 3.8) is 0 Å². The summed E-state index contributed by atoms with van der Waals surface area (Å²) in [6, 6.07) is 1.79. The van der Waals surface area contributed by atoms with Crippen LogP contribution in [0.5, 0.6) is 0 Å². The van der Waals surface area contributed by atoms with Gasteiger partial charge >= 0.3 is 0 Å². The number of sulfonamides is 1. The summed E-state index contributed by atoms with van der Waals surface area (Å²) in [5.41, 5.74) is 1.05. The summed E-state index contributed by atoms with van der Waals surface area (Å²) in [4.78, 5) is 1.11. The minimum atomic E-state index is -3.31. The van der Waals surface area contributed by atoms with Crippen LogP contribution in [0, 0.1) is 6.92 Å². The highest BCUT2D eigenvalue weighted by molar-refractivity contribution is 7.91. The smallest absolute Gasteiger partial charge is 0.252 e. The molecule has 0 radical (unpaired) electrons. The normalized spacial score (nSPS) is 12.3. The quantitative estimate of drug-likeness (QED) is 0.751. The molecule has 4 nitrogen and oxygen atoms in total. The number of hydrogen-bond donors (Lipinski definition) is 1. The average Bonchev–Trinajstić information content (AvgIpc) is 2.73. The third kappa shape index (κ3) is 4.02. The molecule has 0 atom stereocenters. The maximum absolute atomic E-state index is 12.4. The Labute approximate surface area is 120 Å². The zero-order valence-electron chi connectivity index (χ0n) is 12.2. The van der Waals surface area contributed by atoms with Gasteiger partial charge < -0.3 is 5.32 Å². The highest BCUT2D eigenvalue weighted by atomic mass is 32.2. The van der Waals surface area contributed by atoms with Crippen LogP contribution in [0.25, 0.3) is 0 Å². The Morgan fingerprint density at radius 1 is 1.26 bits per heavy atom. The first-order chi connectivity index (χ1) is 8.97. The molecule has 1 N–H and O–H groups in total. The van der Waals surface area contributed by atoms with E-state index in [0.717, 1.165) is 30.0 Å². The summed E-state index contributed by atoms with van der Waals surface area (Å²) in [5.74, 6) is 0. The van der Waals surface area contributed by atoms with Crippen molar-refractivity contribution in [1.82, 2.24) is 9.62 Å². The van der Waals surface area contributed by atoms with E-state index in [0.29, 0.717) is 17.3 Å². The van der Waals surface area contributed by atoms with E-state index in [1.54, 1.807) is 6.07 Å². The minimum Gasteiger partial charge on any atom is -0.312 e. The Kier molecular flexibility index (Phi) is 6.46. The predicted molar refractivity (Wildman–Crippen MR) is 81.2 cm³/mol. The molecule has 0 saturated carbocycles. The van der Waals surface area contributed by atoms with E-state index in [1.165, 1.54) is 15.6 Å². The van der Waals surface area contributed by atoms with E-state index in [-0.39, 0.29) is 0 Å². The molecular weight excluding hydrogens is 280 g/mol. The molecule has 0 aliphatic rings. The topological polar surface area (TPSA) is 49.4 Å². The second-order valence-corrected chi connectivity index (χ2v) is 7.74. The highest BCUT2D eigenvalue weighted by Crippen LogP contribution is 2.28. The van der Waals surface area contributed by atoms with Crippen LogP contribution in [0.1, 0.15) is 37.6 Å². The van der Waals surface area contributed by atoms with Gasteiger partial charge in [-0.3, -0.25) is 0 Å². The number of nitrogens with zero attached hydrogens (tertiary/aromatic N) is 1. The molecule has 19 heavy (non-hydrogen) atoms. The van der Waals surface area contributed by atoms with E-state index >= 15 is 0 Å². The lowest BCUT2D eigenvalue weighted by Gasteiger charge is -2.16. The van der Waals surface area contributed by atoms with Crippen LogP contribution < -0.4 is 5.32 Å². The van der Waals surface area contributed by atoms with Gasteiger partial charge in [-0.15, -0.1) is 11.3 Å². The molecule has 1 aromatic rings. The number of aryl methyl sites for hydroxylation is 1. The molecule has 0 aliphatic carbocycles. The van der Waals surface area contributed by atoms with Gasteiger partial charge in [0.1, 0.15) is 4.21 Å². The zero-order chi connectivity index (χ0) is 14.5. The summed E-state index contributed by atoms with van der Waals surface area (Å²) < 4.78 is 26.8. The highest BCUT2D eigenvalue weighted by Gasteiger charge is 2.24. The van der Waals surface area contributed by atoms with Crippen LogP contribution in [-0.4, -0.2) is 32.4 Å². The Morgan fingerprint density at radius 2 is 1.89 bits per heavy atom. The fourth-order valence-electron chi connectivity index (χ4n) is 1.86. The minimum absolute atomic E-state index is 0.460. The molecule has 0 fully saturated rings. The van der Waals surface area contributed by atoms with Crippen LogP contribution in [0.15, 0.2) is 10.3 Å². The number of nitrogens with one attached hydrogen (secondary N) is 1. The molecule has 1 heterocycles. The lowest BCUT2D eigenvalue weighted by molar-refractivity contribution is 0.447. The SMILES string of the molecule is CCCNCc1sc(S(=O)(=O)N(CC)CC)cc1C. The first-order valence-electron chi connectivity index (χ1n) is 6.77. The van der Waals surface area contributed by atoms with Gasteiger partial charge in [-0.1, -0.05) is 20.8 Å². The Bertz CT molecular complexity index is 491. The van der Waals surface area contributed by atoms with Crippen molar-refractivity contribution in [2.45, 2.75) is 44.9 Å². The van der Waals surface area contributed by atoms with E-state index in [2.05, 4.69) is 12.2 Å². The van der Waals surface area contributed by atoms with Crippen LogP contribution in [0.3, 0.4) is 0 Å². The summed E-state index contributed by atoms with van der Waals surface area (Å²) in [5, 5.41) is 3.32. The number of rotatable bonds is 8. The molecule has 0 saturated heterocycles. The average molecular weight is 304 g/mol. The van der Waals surface area contributed by atoms with E-state index in [1.807, 2.05) is 20.8 Å². The van der Waals surface area contributed by atoms with Gasteiger partial charge in [0.05, 0.1) is 0 Å². The summed E-state index contributed by atoms with van der Waals surface area (Å²) in [7, 11) is -3.31. The maximum Gasteiger partial charge on any atom is 0.252 e. The van der Waals surface area contributed by atoms with Crippen molar-refractivity contribution in [3.05, 3.63) is 16.5 Å². The fourth-order valence-corrected chi connectivity index (χ4v) is 5.03. The third-order valence-electron chi connectivity index (χ3n) is 3.01. The maximum atomic E-state index is 12.4. The molecule has 6 heteroatoms. The second kappa shape index (κ2) is 7.38. The standard InChI is InChI=1S/C13H24N2O2S2/c1-5-8-14-10-12-11(4)9-13(18-12)19(16,17)15(6-2)7-3/h9,14H,5-8,10H2,1-4H3. The Morgan fingerprint density at radius 3 is 2.42 bits per heavy atom. The molecule has 1 rings (SSSR count). The monoisotopic (exact) mass is 304 g/mol. The third-order valence-corrected chi connectivity index (χ3v) is 6.75. The largest absolute Gasteiger partial charge is 0.312 e. The molecule has 0 spiro atoms. The molecule has 0 aromatic carbocycles. The van der Waals surface area contributed by atoms with Crippen LogP contribution in [0.2, 0.25) is 0 Å². The number of hydrogen-bond acceptors (Lipinski definition) is 4. The first-order valence-corrected chi connectivity index (χ1v) is 9.03. The van der Waals surface area contributed by atoms with Crippen molar-refractivity contribution in [1.29, 1.82) is 0 Å². The van der Waals surface area contributed by atoms with E-state index in [9.17, 15) is 8.42 Å². The van der Waals surface area contributed by atoms with Crippen LogP contribution in [-0.2, 0) is 16.6 Å². The van der Waals surface area contributed by atoms with Gasteiger partial charge in [0.2, 0.25) is 0 Å². The second-order valence-electron chi connectivity index (χ2n) is 4.44. The molecule has 1 aromatic heterocycles. The van der Waals surface area contributed by atoms with Gasteiger partial charge in [0.15, 0.2) is 0 Å². The molecular formula is C13H24N2O2S2. The molecule has 0 aliphatic heterocycles. The van der Waals surface area contributed by atoms with Gasteiger partial charge in [-0.2, -0.15) is 4.31 Å². The summed E-state index contributed by atoms with van der Waals surface area (Å²) >= 11 is 1.38. The van der Waals surface area contributed by atoms with Crippen molar-refractivity contribution in [3.8, 4) is 0 Å². The Hall–Kier alpha value is -0.430. The zero-order valence-corrected chi connectivity index (χ0v) is 13.8. The lowest BCUT2D eigenvalue weighted by Crippen LogP contribution is -2.30. The summed E-state index contributed by atoms with van der Waals surface area (Å²) in [6.45, 7) is 10.5. The first kappa shape index (κ1) is 16.6. The van der Waals surface area contributed by atoms with Gasteiger partial charge in [-0.25, -0.2) is 8.42 Å². The Balaban J connectivity index is 2.93. The van der Waals surface area contributed by atoms with Crippen LogP contribution in [0.4, 0.5) is 0 Å². The molecule has 0 bridgehead atoms. The molecule has 0 unspecified atom stereocenters. The predicted octanol–water partition coefficient (Wildman–Crippen LogP) is 2.59. The molecule has 110 valence electrons. The van der Waals surface area contributed by atoms with Gasteiger partial charge in [-0.05, 0) is 31.5 Å². The van der Waals surface area contributed by atoms with Crippen molar-refractivity contribution >= 4 is 21.4 Å². The van der Waals surface area contributed by atoms with Gasteiger partial charge in [0, 0.05) is 24.5 Å². The summed E-state index contributed by atoms with van der Waals surface area (Å²) in [6.07, 6.45) is 1.08. The van der Waals surface area contributed by atoms with Gasteiger partial charge in [0.25, 0.3) is 10.0 Å². The lowest BCUT2D eigenvalue weighted by atomic mass is 10.3. The van der Waals surface area contributed by atoms with Crippen LogP contribution >= 0.6 is 11.3 Å². The number of thiophene rings is 1.